The van der Waals surface area contributed by atoms with Crippen molar-refractivity contribution in [1.82, 2.24) is 9.78 Å². The lowest BCUT2D eigenvalue weighted by molar-refractivity contribution is -0.142. The van der Waals surface area contributed by atoms with Crippen LogP contribution < -0.4 is 0 Å². The van der Waals surface area contributed by atoms with Gasteiger partial charge in [-0.2, -0.15) is 5.10 Å². The number of halogens is 1. The monoisotopic (exact) mass is 186 g/mol. The minimum Gasteiger partial charge on any atom is -0.479 e. The number of hydrogen-bond acceptors (Lipinski definition) is 2. The maximum Gasteiger partial charge on any atom is 0.331 e. The van der Waals surface area contributed by atoms with Gasteiger partial charge in [0.2, 0.25) is 0 Å². The molecule has 1 aromatic heterocycles. The molecule has 0 spiro atoms. The van der Waals surface area contributed by atoms with Crippen LogP contribution in [0.3, 0.4) is 0 Å². The number of carbonyl (C=O) groups is 1. The third kappa shape index (κ3) is 0.914. The molecule has 2 rings (SSSR count). The van der Waals surface area contributed by atoms with Crippen molar-refractivity contribution in [2.24, 2.45) is 0 Å². The maximum atomic E-state index is 10.8. The van der Waals surface area contributed by atoms with Crippen molar-refractivity contribution >= 4 is 17.6 Å². The van der Waals surface area contributed by atoms with E-state index in [1.54, 1.807) is 12.3 Å². The molecule has 64 valence electrons. The molecule has 1 fully saturated rings. The van der Waals surface area contributed by atoms with Crippen LogP contribution in [0.5, 0.6) is 0 Å². The highest BCUT2D eigenvalue weighted by Crippen LogP contribution is 2.43. The molecule has 4 nitrogen and oxygen atoms in total. The first-order valence-corrected chi connectivity index (χ1v) is 3.98. The summed E-state index contributed by atoms with van der Waals surface area (Å²) in [6.07, 6.45) is 2.88. The average molecular weight is 187 g/mol. The Bertz CT molecular complexity index is 330. The van der Waals surface area contributed by atoms with E-state index >= 15 is 0 Å². The molecule has 1 saturated carbocycles. The van der Waals surface area contributed by atoms with Gasteiger partial charge in [0.15, 0.2) is 10.7 Å². The molecule has 0 aromatic carbocycles. The zero-order valence-electron chi connectivity index (χ0n) is 6.20. The van der Waals surface area contributed by atoms with Crippen LogP contribution in [0.4, 0.5) is 0 Å². The molecule has 1 aromatic rings. The van der Waals surface area contributed by atoms with Crippen LogP contribution >= 0.6 is 11.6 Å². The summed E-state index contributed by atoms with van der Waals surface area (Å²) in [7, 11) is 0. The van der Waals surface area contributed by atoms with Crippen molar-refractivity contribution in [2.45, 2.75) is 18.4 Å². The van der Waals surface area contributed by atoms with E-state index in [1.165, 1.54) is 4.68 Å². The van der Waals surface area contributed by atoms with Crippen molar-refractivity contribution in [2.75, 3.05) is 0 Å². The number of carboxylic acid groups (broad SMARTS) is 1. The fourth-order valence-electron chi connectivity index (χ4n) is 1.20. The lowest BCUT2D eigenvalue weighted by Gasteiger charge is -2.08. The van der Waals surface area contributed by atoms with E-state index in [2.05, 4.69) is 5.10 Å². The Balaban J connectivity index is 2.36. The fraction of sp³-hybridized carbons (Fsp3) is 0.429. The molecule has 1 N–H and O–H groups in total. The summed E-state index contributed by atoms with van der Waals surface area (Å²) in [5.74, 6) is -0.831. The van der Waals surface area contributed by atoms with Crippen molar-refractivity contribution < 1.29 is 9.90 Å². The van der Waals surface area contributed by atoms with Crippen molar-refractivity contribution in [3.05, 3.63) is 17.4 Å². The summed E-state index contributed by atoms with van der Waals surface area (Å²) in [4.78, 5) is 10.8. The summed E-state index contributed by atoms with van der Waals surface area (Å²) in [6.45, 7) is 0. The van der Waals surface area contributed by atoms with E-state index in [1.807, 2.05) is 0 Å². The largest absolute Gasteiger partial charge is 0.479 e. The summed E-state index contributed by atoms with van der Waals surface area (Å²) >= 11 is 5.57. The normalized spacial score (nSPS) is 19.1. The van der Waals surface area contributed by atoms with E-state index in [9.17, 15) is 4.79 Å². The second-order valence-corrected chi connectivity index (χ2v) is 3.31. The van der Waals surface area contributed by atoms with Gasteiger partial charge in [-0.15, -0.1) is 0 Å². The topological polar surface area (TPSA) is 55.1 Å². The first-order chi connectivity index (χ1) is 5.65. The summed E-state index contributed by atoms with van der Waals surface area (Å²) in [5.41, 5.74) is -0.798. The molecule has 0 saturated heterocycles. The molecular formula is C7H7ClN2O2. The summed E-state index contributed by atoms with van der Waals surface area (Å²) in [6, 6.07) is 1.59. The highest BCUT2D eigenvalue weighted by atomic mass is 35.5. The molecule has 0 radical (unpaired) electrons. The van der Waals surface area contributed by atoms with E-state index in [-0.39, 0.29) is 0 Å². The predicted octanol–water partition coefficient (Wildman–Crippen LogP) is 1.11. The molecule has 0 atom stereocenters. The van der Waals surface area contributed by atoms with Crippen LogP contribution in [0, 0.1) is 0 Å². The number of hydrogen-bond donors (Lipinski definition) is 1. The van der Waals surface area contributed by atoms with Crippen LogP contribution in [0.2, 0.25) is 5.15 Å². The third-order valence-corrected chi connectivity index (χ3v) is 2.32. The average Bonchev–Trinajstić information content (AvgIpc) is 2.71. The van der Waals surface area contributed by atoms with Crippen LogP contribution in [-0.4, -0.2) is 20.9 Å². The molecule has 1 heterocycles. The SMILES string of the molecule is O=C(O)C1(n2ccc(Cl)n2)CC1. The smallest absolute Gasteiger partial charge is 0.331 e. The maximum absolute atomic E-state index is 10.8. The Labute approximate surface area is 73.8 Å². The van der Waals surface area contributed by atoms with Gasteiger partial charge in [-0.1, -0.05) is 11.6 Å². The van der Waals surface area contributed by atoms with E-state index in [4.69, 9.17) is 16.7 Å². The number of aliphatic carboxylic acids is 1. The zero-order valence-corrected chi connectivity index (χ0v) is 6.95. The molecule has 1 aliphatic rings. The molecule has 0 amide bonds. The number of nitrogens with zero attached hydrogens (tertiary/aromatic N) is 2. The van der Waals surface area contributed by atoms with Gasteiger partial charge in [-0.05, 0) is 18.9 Å². The molecular weight excluding hydrogens is 180 g/mol. The van der Waals surface area contributed by atoms with Gasteiger partial charge in [-0.25, -0.2) is 4.79 Å². The number of rotatable bonds is 2. The van der Waals surface area contributed by atoms with Crippen molar-refractivity contribution in [3.8, 4) is 0 Å². The second kappa shape index (κ2) is 2.23. The lowest BCUT2D eigenvalue weighted by Crippen LogP contribution is -2.27. The van der Waals surface area contributed by atoms with E-state index in [0.29, 0.717) is 18.0 Å². The molecule has 5 heteroatoms. The highest BCUT2D eigenvalue weighted by Gasteiger charge is 2.53. The first kappa shape index (κ1) is 7.61. The summed E-state index contributed by atoms with van der Waals surface area (Å²) in [5, 5.41) is 13.1. The van der Waals surface area contributed by atoms with E-state index < -0.39 is 11.5 Å². The van der Waals surface area contributed by atoms with Crippen molar-refractivity contribution in [1.29, 1.82) is 0 Å². The minimum atomic E-state index is -0.831. The lowest BCUT2D eigenvalue weighted by atomic mass is 10.3. The quantitative estimate of drug-likeness (QED) is 0.753. The standard InChI is InChI=1S/C7H7ClN2O2/c8-5-1-4-10(9-5)7(2-3-7)6(11)12/h1,4H,2-3H2,(H,11,12). The van der Waals surface area contributed by atoms with Crippen LogP contribution in [-0.2, 0) is 10.3 Å². The summed E-state index contributed by atoms with van der Waals surface area (Å²) < 4.78 is 1.43. The molecule has 0 bridgehead atoms. The Morgan fingerprint density at radius 3 is 2.75 bits per heavy atom. The third-order valence-electron chi connectivity index (χ3n) is 2.12. The molecule has 0 aliphatic heterocycles. The van der Waals surface area contributed by atoms with Gasteiger partial charge in [0, 0.05) is 6.20 Å². The van der Waals surface area contributed by atoms with Gasteiger partial charge in [0.05, 0.1) is 0 Å². The van der Waals surface area contributed by atoms with E-state index in [0.717, 1.165) is 0 Å². The van der Waals surface area contributed by atoms with Crippen LogP contribution in [0.25, 0.3) is 0 Å². The Morgan fingerprint density at radius 1 is 1.75 bits per heavy atom. The zero-order chi connectivity index (χ0) is 8.77. The van der Waals surface area contributed by atoms with Crippen molar-refractivity contribution in [3.63, 3.8) is 0 Å². The molecule has 0 unspecified atom stereocenters. The molecule has 1 aliphatic carbocycles. The highest BCUT2D eigenvalue weighted by molar-refractivity contribution is 6.29. The van der Waals surface area contributed by atoms with Crippen LogP contribution in [0.15, 0.2) is 12.3 Å². The van der Waals surface area contributed by atoms with Gasteiger partial charge < -0.3 is 5.11 Å². The number of carboxylic acids is 1. The van der Waals surface area contributed by atoms with Gasteiger partial charge in [0.1, 0.15) is 0 Å². The molecule has 12 heavy (non-hydrogen) atoms. The predicted molar refractivity (Wildman–Crippen MR) is 42.1 cm³/mol. The van der Waals surface area contributed by atoms with Gasteiger partial charge >= 0.3 is 5.97 Å². The van der Waals surface area contributed by atoms with Crippen LogP contribution in [0.1, 0.15) is 12.8 Å². The van der Waals surface area contributed by atoms with Gasteiger partial charge in [0.25, 0.3) is 0 Å². The Hall–Kier alpha value is -1.03. The van der Waals surface area contributed by atoms with Gasteiger partial charge in [-0.3, -0.25) is 4.68 Å². The second-order valence-electron chi connectivity index (χ2n) is 2.92. The Kier molecular flexibility index (Phi) is 1.41. The fourth-order valence-corrected chi connectivity index (χ4v) is 1.34. The first-order valence-electron chi connectivity index (χ1n) is 3.60. The Morgan fingerprint density at radius 2 is 2.42 bits per heavy atom. The number of aromatic nitrogens is 2. The minimum absolute atomic E-state index is 0.336.